The summed E-state index contributed by atoms with van der Waals surface area (Å²) in [6, 6.07) is 10.6. The van der Waals surface area contributed by atoms with Crippen LogP contribution in [0.1, 0.15) is 51.0 Å². The Kier molecular flexibility index (Phi) is 5.16. The number of phenols is 1. The van der Waals surface area contributed by atoms with Gasteiger partial charge >= 0.3 is 0 Å². The number of hydrogen-bond donors (Lipinski definition) is 3. The molecule has 0 bridgehead atoms. The van der Waals surface area contributed by atoms with Gasteiger partial charge in [-0.2, -0.15) is 0 Å². The molecule has 2 aromatic carbocycles. The van der Waals surface area contributed by atoms with E-state index >= 15 is 0 Å². The van der Waals surface area contributed by atoms with Crippen LogP contribution in [-0.4, -0.2) is 27.0 Å². The number of benzene rings is 2. The number of nitrogens with zero attached hydrogens (tertiary/aromatic N) is 1. The monoisotopic (exact) mass is 473 g/mol. The summed E-state index contributed by atoms with van der Waals surface area (Å²) in [5.74, 6) is 0.261. The number of hydrogen-bond acceptors (Lipinski definition) is 5. The highest BCUT2D eigenvalue weighted by Crippen LogP contribution is 2.41. The molecule has 0 amide bonds. The Morgan fingerprint density at radius 3 is 2.40 bits per heavy atom. The van der Waals surface area contributed by atoms with Crippen molar-refractivity contribution in [3.05, 3.63) is 57.0 Å². The fourth-order valence-corrected chi connectivity index (χ4v) is 5.46. The molecule has 180 valence electrons. The molecule has 0 atom stereocenters. The lowest BCUT2D eigenvalue weighted by atomic mass is 9.96. The number of furan rings is 1. The van der Waals surface area contributed by atoms with Crippen LogP contribution < -0.4 is 15.7 Å². The maximum Gasteiger partial charge on any atom is 0.274 e. The number of rotatable bonds is 3. The van der Waals surface area contributed by atoms with Crippen molar-refractivity contribution < 1.29 is 14.3 Å². The average molecular weight is 474 g/mol. The Hall–Kier alpha value is -3.94. The van der Waals surface area contributed by atoms with Crippen LogP contribution in [0.25, 0.3) is 44.2 Å². The number of aromatic hydroxyl groups is 1. The third-order valence-electron chi connectivity index (χ3n) is 7.26. The number of aromatic nitrogens is 3. The van der Waals surface area contributed by atoms with Crippen molar-refractivity contribution in [2.24, 2.45) is 0 Å². The molecule has 35 heavy (non-hydrogen) atoms. The molecular formula is C27H27N3O5. The minimum Gasteiger partial charge on any atom is -0.502 e. The summed E-state index contributed by atoms with van der Waals surface area (Å²) >= 11 is 0. The lowest BCUT2D eigenvalue weighted by Crippen LogP contribution is -2.15. The van der Waals surface area contributed by atoms with E-state index in [-0.39, 0.29) is 17.2 Å². The zero-order chi connectivity index (χ0) is 24.1. The van der Waals surface area contributed by atoms with Crippen LogP contribution in [0.3, 0.4) is 0 Å². The summed E-state index contributed by atoms with van der Waals surface area (Å²) in [7, 11) is 1.60. The molecule has 8 nitrogen and oxygen atoms in total. The van der Waals surface area contributed by atoms with Crippen LogP contribution in [0.4, 0.5) is 0 Å². The summed E-state index contributed by atoms with van der Waals surface area (Å²) in [6.45, 7) is 0. The predicted molar refractivity (Wildman–Crippen MR) is 135 cm³/mol. The standard InChI is InChI=1S/C27H27N3O5/c1-34-17-11-9-15(10-12-17)20-21-26(30(29-27(21)33)16-7-5-3-2-4-6-8-16)28-22-18-13-14-19(31)23(32)24(18)35-25(20)22/h9-14,16,28,32H,2-8H2,1H3,(H,29,33). The lowest BCUT2D eigenvalue weighted by molar-refractivity contribution is 0.353. The molecule has 1 aliphatic rings. The van der Waals surface area contributed by atoms with E-state index < -0.39 is 11.2 Å². The number of aromatic amines is 2. The molecule has 3 aromatic heterocycles. The van der Waals surface area contributed by atoms with Crippen molar-refractivity contribution in [3.8, 4) is 22.6 Å². The maximum atomic E-state index is 13.4. The second-order valence-corrected chi connectivity index (χ2v) is 9.36. The Labute approximate surface area is 200 Å². The van der Waals surface area contributed by atoms with Crippen LogP contribution in [0.2, 0.25) is 0 Å². The van der Waals surface area contributed by atoms with Crippen molar-refractivity contribution in [2.75, 3.05) is 7.11 Å². The number of methoxy groups -OCH3 is 1. The topological polar surface area (TPSA) is 113 Å². The fraction of sp³-hybridized carbons (Fsp3) is 0.333. The molecule has 3 N–H and O–H groups in total. The maximum absolute atomic E-state index is 13.4. The van der Waals surface area contributed by atoms with Crippen molar-refractivity contribution in [3.63, 3.8) is 0 Å². The highest BCUT2D eigenvalue weighted by atomic mass is 16.5. The molecule has 0 aliphatic heterocycles. The van der Waals surface area contributed by atoms with Gasteiger partial charge in [-0.15, -0.1) is 0 Å². The number of pyridine rings is 1. The van der Waals surface area contributed by atoms with Crippen LogP contribution >= 0.6 is 0 Å². The van der Waals surface area contributed by atoms with Gasteiger partial charge in [-0.25, -0.2) is 0 Å². The largest absolute Gasteiger partial charge is 0.502 e. The highest BCUT2D eigenvalue weighted by molar-refractivity contribution is 6.15. The molecule has 0 saturated heterocycles. The number of H-pyrrole nitrogens is 2. The summed E-state index contributed by atoms with van der Waals surface area (Å²) < 4.78 is 13.4. The van der Waals surface area contributed by atoms with Crippen LogP contribution in [0.15, 0.2) is 50.4 Å². The van der Waals surface area contributed by atoms with Crippen molar-refractivity contribution in [2.45, 2.75) is 51.0 Å². The van der Waals surface area contributed by atoms with Gasteiger partial charge in [0.25, 0.3) is 5.56 Å². The summed E-state index contributed by atoms with van der Waals surface area (Å²) in [5, 5.41) is 14.6. The van der Waals surface area contributed by atoms with E-state index in [9.17, 15) is 14.7 Å². The molecule has 1 aliphatic carbocycles. The number of ether oxygens (including phenoxy) is 1. The van der Waals surface area contributed by atoms with E-state index in [1.807, 2.05) is 28.9 Å². The van der Waals surface area contributed by atoms with E-state index in [1.165, 1.54) is 25.3 Å². The van der Waals surface area contributed by atoms with E-state index in [1.54, 1.807) is 13.2 Å². The van der Waals surface area contributed by atoms with Gasteiger partial charge in [-0.3, -0.25) is 19.4 Å². The van der Waals surface area contributed by atoms with E-state index in [0.29, 0.717) is 38.8 Å². The van der Waals surface area contributed by atoms with Gasteiger partial charge in [-0.1, -0.05) is 44.2 Å². The van der Waals surface area contributed by atoms with Crippen LogP contribution in [0.5, 0.6) is 11.5 Å². The normalized spacial score (nSPS) is 15.6. The van der Waals surface area contributed by atoms with E-state index in [2.05, 4.69) is 10.1 Å². The van der Waals surface area contributed by atoms with Gasteiger partial charge < -0.3 is 19.2 Å². The second-order valence-electron chi connectivity index (χ2n) is 9.36. The fourth-order valence-electron chi connectivity index (χ4n) is 5.46. The van der Waals surface area contributed by atoms with Crippen molar-refractivity contribution >= 4 is 33.1 Å². The molecule has 8 heteroatoms. The first-order chi connectivity index (χ1) is 17.1. The summed E-state index contributed by atoms with van der Waals surface area (Å²) in [5.41, 5.74) is 2.52. The smallest absolute Gasteiger partial charge is 0.274 e. The van der Waals surface area contributed by atoms with Crippen molar-refractivity contribution in [1.29, 1.82) is 0 Å². The number of nitrogens with one attached hydrogen (secondary N) is 2. The lowest BCUT2D eigenvalue weighted by Gasteiger charge is -2.21. The van der Waals surface area contributed by atoms with E-state index in [0.717, 1.165) is 31.2 Å². The van der Waals surface area contributed by atoms with Crippen LogP contribution in [0, 0.1) is 0 Å². The third-order valence-corrected chi connectivity index (χ3v) is 7.26. The average Bonchev–Trinajstić information content (AvgIpc) is 3.38. The molecule has 1 saturated carbocycles. The Morgan fingerprint density at radius 1 is 0.971 bits per heavy atom. The minimum absolute atomic E-state index is 0.111. The molecular weight excluding hydrogens is 446 g/mol. The predicted octanol–water partition coefficient (Wildman–Crippen LogP) is 5.58. The molecule has 5 aromatic rings. The van der Waals surface area contributed by atoms with Gasteiger partial charge in [0, 0.05) is 10.9 Å². The Bertz CT molecular complexity index is 1660. The molecule has 6 rings (SSSR count). The second kappa shape index (κ2) is 8.37. The molecule has 1 fully saturated rings. The van der Waals surface area contributed by atoms with Gasteiger partial charge in [0.05, 0.1) is 24.1 Å². The summed E-state index contributed by atoms with van der Waals surface area (Å²) in [4.78, 5) is 29.0. The molecule has 0 spiro atoms. The molecule has 3 heterocycles. The Morgan fingerprint density at radius 2 is 1.69 bits per heavy atom. The minimum atomic E-state index is -0.510. The van der Waals surface area contributed by atoms with Gasteiger partial charge in [0.2, 0.25) is 11.2 Å². The van der Waals surface area contributed by atoms with Crippen LogP contribution in [-0.2, 0) is 0 Å². The first kappa shape index (κ1) is 21.6. The third kappa shape index (κ3) is 3.43. The first-order valence-corrected chi connectivity index (χ1v) is 12.2. The molecule has 0 radical (unpaired) electrons. The molecule has 0 unspecified atom stereocenters. The van der Waals surface area contributed by atoms with Gasteiger partial charge in [-0.05, 0) is 42.7 Å². The summed E-state index contributed by atoms with van der Waals surface area (Å²) in [6.07, 6.45) is 7.90. The first-order valence-electron chi connectivity index (χ1n) is 12.2. The number of phenolic OH excluding ortho intramolecular Hbond substituents is 1. The Balaban J connectivity index is 1.71. The quantitative estimate of drug-likeness (QED) is 0.316. The number of fused-ring (bicyclic) bond motifs is 4. The van der Waals surface area contributed by atoms with Gasteiger partial charge in [0.15, 0.2) is 11.2 Å². The SMILES string of the molecule is COc1ccc(-c2c3oc4c(O)c(=O)ccc4c3[nH]c3c2c(=O)[nH]n3C2CCCCCCC2)cc1. The van der Waals surface area contributed by atoms with Crippen molar-refractivity contribution in [1.82, 2.24) is 14.8 Å². The zero-order valence-electron chi connectivity index (χ0n) is 19.5. The highest BCUT2D eigenvalue weighted by Gasteiger charge is 2.25. The van der Waals surface area contributed by atoms with E-state index in [4.69, 9.17) is 9.15 Å². The van der Waals surface area contributed by atoms with Gasteiger partial charge in [0.1, 0.15) is 11.4 Å². The zero-order valence-corrected chi connectivity index (χ0v) is 19.5.